The molecule has 0 aliphatic carbocycles. The lowest BCUT2D eigenvalue weighted by molar-refractivity contribution is -0.169. The SMILES string of the molecule is Cn1cc(-c2cc3ncccc3c(-c3cnn(C4(CC(N)=O)CN(CC(F)(F)F)C4)c3)n2)cn1. The molecule has 4 aromatic rings. The molecule has 0 spiro atoms. The molecule has 5 rings (SSSR count). The number of aromatic nitrogens is 6. The number of pyridine rings is 2. The second kappa shape index (κ2) is 7.90. The van der Waals surface area contributed by atoms with E-state index < -0.39 is 24.2 Å². The van der Waals surface area contributed by atoms with Gasteiger partial charge in [0.15, 0.2) is 0 Å². The average molecular weight is 470 g/mol. The Kier molecular flexibility index (Phi) is 5.12. The first kappa shape index (κ1) is 22.0. The lowest BCUT2D eigenvalue weighted by Crippen LogP contribution is -2.65. The van der Waals surface area contributed by atoms with Gasteiger partial charge in [0.1, 0.15) is 0 Å². The van der Waals surface area contributed by atoms with Crippen LogP contribution in [0.3, 0.4) is 0 Å². The summed E-state index contributed by atoms with van der Waals surface area (Å²) in [5.41, 5.74) is 7.98. The van der Waals surface area contributed by atoms with E-state index in [0.717, 1.165) is 16.5 Å². The zero-order valence-corrected chi connectivity index (χ0v) is 18.2. The molecule has 9 nitrogen and oxygen atoms in total. The second-order valence-electron chi connectivity index (χ2n) is 8.63. The van der Waals surface area contributed by atoms with Gasteiger partial charge in [-0.2, -0.15) is 23.4 Å². The number of amides is 1. The number of halogens is 3. The van der Waals surface area contributed by atoms with E-state index in [9.17, 15) is 18.0 Å². The number of hydrogen-bond acceptors (Lipinski definition) is 6. The Hall–Kier alpha value is -3.80. The molecule has 2 N–H and O–H groups in total. The van der Waals surface area contributed by atoms with Gasteiger partial charge in [-0.3, -0.25) is 24.0 Å². The summed E-state index contributed by atoms with van der Waals surface area (Å²) < 4.78 is 41.7. The molecule has 1 amide bonds. The minimum Gasteiger partial charge on any atom is -0.370 e. The number of carbonyl (C=O) groups is 1. The lowest BCUT2D eigenvalue weighted by Gasteiger charge is -2.49. The molecule has 1 saturated heterocycles. The van der Waals surface area contributed by atoms with Crippen molar-refractivity contribution in [3.63, 3.8) is 0 Å². The smallest absolute Gasteiger partial charge is 0.370 e. The number of primary amides is 1. The second-order valence-corrected chi connectivity index (χ2v) is 8.63. The molecule has 1 aliphatic heterocycles. The van der Waals surface area contributed by atoms with E-state index in [2.05, 4.69) is 15.2 Å². The largest absolute Gasteiger partial charge is 0.401 e. The van der Waals surface area contributed by atoms with E-state index in [4.69, 9.17) is 10.7 Å². The van der Waals surface area contributed by atoms with Gasteiger partial charge >= 0.3 is 6.18 Å². The van der Waals surface area contributed by atoms with Crippen LogP contribution < -0.4 is 5.73 Å². The maximum absolute atomic E-state index is 12.8. The van der Waals surface area contributed by atoms with Crippen LogP contribution in [-0.4, -0.2) is 66.1 Å². The topological polar surface area (TPSA) is 108 Å². The molecule has 0 aromatic carbocycles. The summed E-state index contributed by atoms with van der Waals surface area (Å²) >= 11 is 0. The molecule has 12 heteroatoms. The zero-order chi connectivity index (χ0) is 24.1. The van der Waals surface area contributed by atoms with E-state index >= 15 is 0 Å². The minimum absolute atomic E-state index is 0.0159. The van der Waals surface area contributed by atoms with E-state index in [1.165, 1.54) is 4.90 Å². The Balaban J connectivity index is 1.54. The van der Waals surface area contributed by atoms with Crippen LogP contribution in [0.2, 0.25) is 0 Å². The van der Waals surface area contributed by atoms with Gasteiger partial charge in [0.05, 0.1) is 47.8 Å². The van der Waals surface area contributed by atoms with E-state index in [0.29, 0.717) is 17.0 Å². The first-order valence-electron chi connectivity index (χ1n) is 10.5. The predicted octanol–water partition coefficient (Wildman–Crippen LogP) is 2.34. The van der Waals surface area contributed by atoms with E-state index in [-0.39, 0.29) is 19.5 Å². The fourth-order valence-electron chi connectivity index (χ4n) is 4.51. The van der Waals surface area contributed by atoms with Crippen molar-refractivity contribution in [2.24, 2.45) is 12.8 Å². The third kappa shape index (κ3) is 4.12. The number of aryl methyl sites for hydroxylation is 1. The highest BCUT2D eigenvalue weighted by atomic mass is 19.4. The molecule has 1 fully saturated rings. The molecular formula is C22H21F3N8O. The highest BCUT2D eigenvalue weighted by Crippen LogP contribution is 2.36. The molecule has 5 heterocycles. The Morgan fingerprint density at radius 1 is 1.18 bits per heavy atom. The maximum atomic E-state index is 12.8. The average Bonchev–Trinajstić information content (AvgIpc) is 3.39. The van der Waals surface area contributed by atoms with Crippen LogP contribution in [0.1, 0.15) is 6.42 Å². The zero-order valence-electron chi connectivity index (χ0n) is 18.2. The number of carbonyl (C=O) groups excluding carboxylic acids is 1. The highest BCUT2D eigenvalue weighted by molar-refractivity contribution is 5.94. The van der Waals surface area contributed by atoms with Crippen LogP contribution in [0, 0.1) is 0 Å². The van der Waals surface area contributed by atoms with Crippen LogP contribution >= 0.6 is 0 Å². The molecule has 0 atom stereocenters. The van der Waals surface area contributed by atoms with Crippen LogP contribution in [0.4, 0.5) is 13.2 Å². The monoisotopic (exact) mass is 470 g/mol. The Bertz CT molecular complexity index is 1370. The van der Waals surface area contributed by atoms with E-state index in [1.807, 2.05) is 25.4 Å². The molecule has 0 radical (unpaired) electrons. The number of rotatable bonds is 6. The van der Waals surface area contributed by atoms with Crippen molar-refractivity contribution in [1.29, 1.82) is 0 Å². The minimum atomic E-state index is -4.32. The molecule has 176 valence electrons. The maximum Gasteiger partial charge on any atom is 0.401 e. The summed E-state index contributed by atoms with van der Waals surface area (Å²) in [7, 11) is 1.81. The Labute approximate surface area is 192 Å². The molecule has 1 aliphatic rings. The van der Waals surface area contributed by atoms with Crippen LogP contribution in [-0.2, 0) is 17.4 Å². The molecule has 0 bridgehead atoms. The van der Waals surface area contributed by atoms with Crippen molar-refractivity contribution in [2.45, 2.75) is 18.1 Å². The fraction of sp³-hybridized carbons (Fsp3) is 0.318. The third-order valence-corrected chi connectivity index (χ3v) is 5.88. The highest BCUT2D eigenvalue weighted by Gasteiger charge is 2.49. The fourth-order valence-corrected chi connectivity index (χ4v) is 4.51. The van der Waals surface area contributed by atoms with Crippen LogP contribution in [0.15, 0.2) is 49.2 Å². The predicted molar refractivity (Wildman–Crippen MR) is 117 cm³/mol. The molecule has 0 saturated carbocycles. The number of nitrogens with two attached hydrogens (primary N) is 1. The molecule has 0 unspecified atom stereocenters. The van der Waals surface area contributed by atoms with Gasteiger partial charge in [-0.05, 0) is 18.2 Å². The van der Waals surface area contributed by atoms with Crippen molar-refractivity contribution in [1.82, 2.24) is 34.4 Å². The van der Waals surface area contributed by atoms with Gasteiger partial charge < -0.3 is 5.73 Å². The quantitative estimate of drug-likeness (QED) is 0.464. The standard InChI is InChI=1S/C22H21F3N8O/c1-31-9-14(7-28-31)17-5-18-16(3-2-4-27-18)20(30-17)15-8-29-33(10-15)21(6-19(26)34)11-32(12-21)13-22(23,24)25/h2-5,7-10H,6,11-13H2,1H3,(H2,26,34). The number of likely N-dealkylation sites (tertiary alicyclic amines) is 1. The van der Waals surface area contributed by atoms with Gasteiger partial charge in [-0.25, -0.2) is 4.98 Å². The van der Waals surface area contributed by atoms with Crippen LogP contribution in [0.5, 0.6) is 0 Å². The molecular weight excluding hydrogens is 449 g/mol. The van der Waals surface area contributed by atoms with Gasteiger partial charge in [-0.15, -0.1) is 0 Å². The van der Waals surface area contributed by atoms with Gasteiger partial charge in [0, 0.05) is 55.2 Å². The van der Waals surface area contributed by atoms with Gasteiger partial charge in [0.2, 0.25) is 5.91 Å². The summed E-state index contributed by atoms with van der Waals surface area (Å²) in [6, 6.07) is 5.57. The Morgan fingerprint density at radius 2 is 1.94 bits per heavy atom. The Morgan fingerprint density at radius 3 is 2.62 bits per heavy atom. The number of hydrogen-bond donors (Lipinski definition) is 1. The molecule has 4 aromatic heterocycles. The summed E-state index contributed by atoms with van der Waals surface area (Å²) in [6.45, 7) is -1.02. The summed E-state index contributed by atoms with van der Waals surface area (Å²) in [5.74, 6) is -0.602. The normalized spacial score (nSPS) is 16.0. The summed E-state index contributed by atoms with van der Waals surface area (Å²) in [4.78, 5) is 22.2. The van der Waals surface area contributed by atoms with Crippen molar-refractivity contribution in [2.75, 3.05) is 19.6 Å². The first-order valence-corrected chi connectivity index (χ1v) is 10.5. The number of fused-ring (bicyclic) bond motifs is 1. The lowest BCUT2D eigenvalue weighted by atomic mass is 9.86. The molecule has 34 heavy (non-hydrogen) atoms. The first-order chi connectivity index (χ1) is 16.1. The van der Waals surface area contributed by atoms with Crippen molar-refractivity contribution < 1.29 is 18.0 Å². The summed E-state index contributed by atoms with van der Waals surface area (Å²) in [6.07, 6.45) is 4.09. The van der Waals surface area contributed by atoms with Crippen LogP contribution in [0.25, 0.3) is 33.4 Å². The van der Waals surface area contributed by atoms with E-state index in [1.54, 1.807) is 40.2 Å². The van der Waals surface area contributed by atoms with Gasteiger partial charge in [0.25, 0.3) is 0 Å². The van der Waals surface area contributed by atoms with Crippen molar-refractivity contribution in [3.05, 3.63) is 49.2 Å². The van der Waals surface area contributed by atoms with Crippen molar-refractivity contribution in [3.8, 4) is 22.5 Å². The van der Waals surface area contributed by atoms with Crippen molar-refractivity contribution >= 4 is 16.8 Å². The number of alkyl halides is 3. The number of nitrogens with zero attached hydrogens (tertiary/aromatic N) is 7. The third-order valence-electron chi connectivity index (χ3n) is 5.88. The van der Waals surface area contributed by atoms with Gasteiger partial charge in [-0.1, -0.05) is 0 Å². The summed E-state index contributed by atoms with van der Waals surface area (Å²) in [5, 5.41) is 9.41.